The molecule has 0 saturated carbocycles. The van der Waals surface area contributed by atoms with Crippen LogP contribution in [0, 0.1) is 6.92 Å². The number of carbonyl (C=O) groups is 2. The van der Waals surface area contributed by atoms with Crippen LogP contribution in [0.1, 0.15) is 31.4 Å². The molecule has 1 aromatic heterocycles. The van der Waals surface area contributed by atoms with Crippen molar-refractivity contribution in [3.8, 4) is 0 Å². The maximum Gasteiger partial charge on any atom is 0.303 e. The van der Waals surface area contributed by atoms with Gasteiger partial charge >= 0.3 is 5.97 Å². The lowest BCUT2D eigenvalue weighted by atomic mass is 10.2. The molecular weight excluding hydrogens is 220 g/mol. The number of carboxylic acids is 1. The zero-order chi connectivity index (χ0) is 12.7. The standard InChI is InChI=1S/C12H16N2O3/c1-9-10(5-4-8-13-9)14-11(15)6-2-3-7-12(16)17/h4-5,8H,2-3,6-7H2,1H3,(H,14,15)(H,16,17). The van der Waals surface area contributed by atoms with Gasteiger partial charge in [0.1, 0.15) is 0 Å². The van der Waals surface area contributed by atoms with Crippen LogP contribution < -0.4 is 5.32 Å². The van der Waals surface area contributed by atoms with Crippen LogP contribution in [0.5, 0.6) is 0 Å². The number of hydrogen-bond donors (Lipinski definition) is 2. The van der Waals surface area contributed by atoms with Crippen molar-refractivity contribution in [1.82, 2.24) is 4.98 Å². The third kappa shape index (κ3) is 5.10. The van der Waals surface area contributed by atoms with Crippen molar-refractivity contribution in [3.63, 3.8) is 0 Å². The van der Waals surface area contributed by atoms with Crippen molar-refractivity contribution in [3.05, 3.63) is 24.0 Å². The van der Waals surface area contributed by atoms with E-state index in [0.29, 0.717) is 24.9 Å². The smallest absolute Gasteiger partial charge is 0.303 e. The predicted molar refractivity (Wildman–Crippen MR) is 63.7 cm³/mol. The molecule has 5 heteroatoms. The summed E-state index contributed by atoms with van der Waals surface area (Å²) in [6, 6.07) is 3.55. The highest BCUT2D eigenvalue weighted by molar-refractivity contribution is 5.91. The molecule has 5 nitrogen and oxygen atoms in total. The van der Waals surface area contributed by atoms with E-state index in [4.69, 9.17) is 5.11 Å². The Labute approximate surface area is 99.9 Å². The summed E-state index contributed by atoms with van der Waals surface area (Å²) in [5, 5.41) is 11.2. The zero-order valence-electron chi connectivity index (χ0n) is 9.77. The molecule has 0 aliphatic rings. The van der Waals surface area contributed by atoms with Gasteiger partial charge in [-0.1, -0.05) is 0 Å². The Morgan fingerprint density at radius 3 is 2.71 bits per heavy atom. The van der Waals surface area contributed by atoms with Crippen LogP contribution in [0.2, 0.25) is 0 Å². The monoisotopic (exact) mass is 236 g/mol. The van der Waals surface area contributed by atoms with Crippen molar-refractivity contribution in [1.29, 1.82) is 0 Å². The van der Waals surface area contributed by atoms with E-state index in [0.717, 1.165) is 5.69 Å². The minimum Gasteiger partial charge on any atom is -0.481 e. The Morgan fingerprint density at radius 2 is 2.06 bits per heavy atom. The summed E-state index contributed by atoms with van der Waals surface area (Å²) in [5.74, 6) is -0.931. The number of hydrogen-bond acceptors (Lipinski definition) is 3. The minimum atomic E-state index is -0.825. The molecule has 2 N–H and O–H groups in total. The number of carboxylic acid groups (broad SMARTS) is 1. The number of nitrogens with one attached hydrogen (secondary N) is 1. The van der Waals surface area contributed by atoms with Gasteiger partial charge in [-0.15, -0.1) is 0 Å². The summed E-state index contributed by atoms with van der Waals surface area (Å²) in [6.07, 6.45) is 3.21. The van der Waals surface area contributed by atoms with Gasteiger partial charge in [0, 0.05) is 19.0 Å². The number of unbranched alkanes of at least 4 members (excludes halogenated alkanes) is 1. The first-order valence-corrected chi connectivity index (χ1v) is 5.53. The molecule has 0 spiro atoms. The molecule has 92 valence electrons. The van der Waals surface area contributed by atoms with Crippen molar-refractivity contribution >= 4 is 17.6 Å². The van der Waals surface area contributed by atoms with Crippen LogP contribution in [0.3, 0.4) is 0 Å². The van der Waals surface area contributed by atoms with Gasteiger partial charge in [-0.3, -0.25) is 14.6 Å². The molecule has 0 bridgehead atoms. The minimum absolute atomic E-state index is 0.105. The third-order valence-corrected chi connectivity index (χ3v) is 2.33. The molecule has 0 fully saturated rings. The highest BCUT2D eigenvalue weighted by Gasteiger charge is 2.05. The molecular formula is C12H16N2O3. The van der Waals surface area contributed by atoms with E-state index in [2.05, 4.69) is 10.3 Å². The molecule has 17 heavy (non-hydrogen) atoms. The summed E-state index contributed by atoms with van der Waals surface area (Å²) in [4.78, 5) is 25.9. The summed E-state index contributed by atoms with van der Waals surface area (Å²) >= 11 is 0. The number of rotatable bonds is 6. The van der Waals surface area contributed by atoms with Gasteiger partial charge < -0.3 is 10.4 Å². The van der Waals surface area contributed by atoms with E-state index >= 15 is 0 Å². The van der Waals surface area contributed by atoms with Crippen molar-refractivity contribution in [2.45, 2.75) is 32.6 Å². The average molecular weight is 236 g/mol. The van der Waals surface area contributed by atoms with Crippen LogP contribution in [0.4, 0.5) is 5.69 Å². The number of aryl methyl sites for hydroxylation is 1. The summed E-state index contributed by atoms with van der Waals surface area (Å²) in [7, 11) is 0. The van der Waals surface area contributed by atoms with Gasteiger partial charge in [-0.05, 0) is 31.9 Å². The van der Waals surface area contributed by atoms with E-state index in [9.17, 15) is 9.59 Å². The lowest BCUT2D eigenvalue weighted by Gasteiger charge is -2.06. The first-order chi connectivity index (χ1) is 8.09. The molecule has 0 aliphatic carbocycles. The fourth-order valence-electron chi connectivity index (χ4n) is 1.39. The van der Waals surface area contributed by atoms with Crippen molar-refractivity contribution in [2.24, 2.45) is 0 Å². The second kappa shape index (κ2) is 6.62. The topological polar surface area (TPSA) is 79.3 Å². The van der Waals surface area contributed by atoms with Gasteiger partial charge in [0.2, 0.25) is 5.91 Å². The highest BCUT2D eigenvalue weighted by atomic mass is 16.4. The molecule has 0 aliphatic heterocycles. The first kappa shape index (κ1) is 13.2. The van der Waals surface area contributed by atoms with E-state index in [1.54, 1.807) is 18.3 Å². The Bertz CT molecular complexity index is 404. The molecule has 0 unspecified atom stereocenters. The number of carbonyl (C=O) groups excluding carboxylic acids is 1. The molecule has 0 atom stereocenters. The highest BCUT2D eigenvalue weighted by Crippen LogP contribution is 2.11. The zero-order valence-corrected chi connectivity index (χ0v) is 9.77. The van der Waals surface area contributed by atoms with Gasteiger partial charge in [0.15, 0.2) is 0 Å². The van der Waals surface area contributed by atoms with E-state index in [1.165, 1.54) is 0 Å². The average Bonchev–Trinajstić information content (AvgIpc) is 2.27. The van der Waals surface area contributed by atoms with Gasteiger partial charge in [-0.2, -0.15) is 0 Å². The molecule has 0 saturated heterocycles. The van der Waals surface area contributed by atoms with Gasteiger partial charge in [-0.25, -0.2) is 0 Å². The van der Waals surface area contributed by atoms with Gasteiger partial charge in [0.25, 0.3) is 0 Å². The summed E-state index contributed by atoms with van der Waals surface area (Å²) < 4.78 is 0. The SMILES string of the molecule is Cc1ncccc1NC(=O)CCCCC(=O)O. The molecule has 1 heterocycles. The fourth-order valence-corrected chi connectivity index (χ4v) is 1.39. The number of anilines is 1. The lowest BCUT2D eigenvalue weighted by molar-refractivity contribution is -0.137. The molecule has 1 aromatic rings. The lowest BCUT2D eigenvalue weighted by Crippen LogP contribution is -2.12. The normalized spacial score (nSPS) is 9.94. The van der Waals surface area contributed by atoms with E-state index in [-0.39, 0.29) is 12.3 Å². The summed E-state index contributed by atoms with van der Waals surface area (Å²) in [6.45, 7) is 1.82. The Kier molecular flexibility index (Phi) is 5.13. The van der Waals surface area contributed by atoms with Crippen LogP contribution in [0.25, 0.3) is 0 Å². The van der Waals surface area contributed by atoms with Crippen LogP contribution >= 0.6 is 0 Å². The first-order valence-electron chi connectivity index (χ1n) is 5.53. The van der Waals surface area contributed by atoms with Crippen molar-refractivity contribution < 1.29 is 14.7 Å². The second-order valence-corrected chi connectivity index (χ2v) is 3.79. The van der Waals surface area contributed by atoms with Gasteiger partial charge in [0.05, 0.1) is 11.4 Å². The molecule has 0 radical (unpaired) electrons. The van der Waals surface area contributed by atoms with Crippen LogP contribution in [-0.4, -0.2) is 22.0 Å². The fraction of sp³-hybridized carbons (Fsp3) is 0.417. The number of amides is 1. The molecule has 1 rings (SSSR count). The number of pyridine rings is 1. The Morgan fingerprint density at radius 1 is 1.35 bits per heavy atom. The maximum absolute atomic E-state index is 11.5. The van der Waals surface area contributed by atoms with Crippen LogP contribution in [-0.2, 0) is 9.59 Å². The third-order valence-electron chi connectivity index (χ3n) is 2.33. The number of nitrogens with zero attached hydrogens (tertiary/aromatic N) is 1. The second-order valence-electron chi connectivity index (χ2n) is 3.79. The molecule has 0 aromatic carbocycles. The van der Waals surface area contributed by atoms with Crippen molar-refractivity contribution in [2.75, 3.05) is 5.32 Å². The van der Waals surface area contributed by atoms with Crippen LogP contribution in [0.15, 0.2) is 18.3 Å². The Hall–Kier alpha value is -1.91. The largest absolute Gasteiger partial charge is 0.481 e. The van der Waals surface area contributed by atoms with E-state index < -0.39 is 5.97 Å². The number of aliphatic carboxylic acids is 1. The predicted octanol–water partition coefficient (Wildman–Crippen LogP) is 1.97. The maximum atomic E-state index is 11.5. The molecule has 1 amide bonds. The quantitative estimate of drug-likeness (QED) is 0.740. The number of aromatic nitrogens is 1. The summed E-state index contributed by atoms with van der Waals surface area (Å²) in [5.41, 5.74) is 1.47. The Balaban J connectivity index is 2.30. The van der Waals surface area contributed by atoms with E-state index in [1.807, 2.05) is 6.92 Å².